The SMILES string of the molecule is CNC(Cc1cc(F)cc(Br)c1)c1cscc1C. The molecular weight excluding hydrogens is 313 g/mol. The Morgan fingerprint density at radius 3 is 2.67 bits per heavy atom. The highest BCUT2D eigenvalue weighted by molar-refractivity contribution is 9.10. The highest BCUT2D eigenvalue weighted by Gasteiger charge is 2.14. The number of likely N-dealkylation sites (N-methyl/N-ethyl adjacent to an activating group) is 1. The molecule has 0 aliphatic heterocycles. The molecule has 0 bridgehead atoms. The molecule has 1 nitrogen and oxygen atoms in total. The molecule has 2 rings (SSSR count). The fourth-order valence-electron chi connectivity index (χ4n) is 2.06. The van der Waals surface area contributed by atoms with Crippen LogP contribution in [0.1, 0.15) is 22.7 Å². The fourth-order valence-corrected chi connectivity index (χ4v) is 3.48. The molecule has 1 aromatic heterocycles. The highest BCUT2D eigenvalue weighted by atomic mass is 79.9. The molecule has 0 aliphatic rings. The van der Waals surface area contributed by atoms with Crippen molar-refractivity contribution in [2.75, 3.05) is 7.05 Å². The van der Waals surface area contributed by atoms with E-state index < -0.39 is 0 Å². The van der Waals surface area contributed by atoms with Crippen molar-refractivity contribution in [2.45, 2.75) is 19.4 Å². The Kier molecular flexibility index (Phi) is 4.54. The van der Waals surface area contributed by atoms with Gasteiger partial charge in [0.15, 0.2) is 0 Å². The Bertz CT molecular complexity index is 518. The van der Waals surface area contributed by atoms with E-state index >= 15 is 0 Å². The van der Waals surface area contributed by atoms with Crippen molar-refractivity contribution in [3.8, 4) is 0 Å². The monoisotopic (exact) mass is 327 g/mol. The highest BCUT2D eigenvalue weighted by Crippen LogP contribution is 2.26. The van der Waals surface area contributed by atoms with Crippen LogP contribution in [0.25, 0.3) is 0 Å². The molecule has 2 aromatic rings. The van der Waals surface area contributed by atoms with Crippen molar-refractivity contribution in [2.24, 2.45) is 0 Å². The molecule has 1 heterocycles. The number of rotatable bonds is 4. The van der Waals surface area contributed by atoms with E-state index in [-0.39, 0.29) is 11.9 Å². The number of halogens is 2. The average molecular weight is 328 g/mol. The van der Waals surface area contributed by atoms with E-state index in [1.54, 1.807) is 17.4 Å². The zero-order valence-electron chi connectivity index (χ0n) is 10.3. The van der Waals surface area contributed by atoms with Crippen LogP contribution in [-0.4, -0.2) is 7.05 Å². The van der Waals surface area contributed by atoms with Gasteiger partial charge in [-0.05, 0) is 66.0 Å². The molecule has 0 radical (unpaired) electrons. The van der Waals surface area contributed by atoms with E-state index in [0.717, 1.165) is 16.5 Å². The smallest absolute Gasteiger partial charge is 0.124 e. The Hall–Kier alpha value is -0.710. The molecule has 1 aromatic carbocycles. The van der Waals surface area contributed by atoms with Crippen molar-refractivity contribution >= 4 is 27.3 Å². The summed E-state index contributed by atoms with van der Waals surface area (Å²) >= 11 is 5.03. The number of hydrogen-bond acceptors (Lipinski definition) is 2. The maximum Gasteiger partial charge on any atom is 0.124 e. The van der Waals surface area contributed by atoms with Gasteiger partial charge >= 0.3 is 0 Å². The van der Waals surface area contributed by atoms with Gasteiger partial charge in [-0.3, -0.25) is 0 Å². The van der Waals surface area contributed by atoms with E-state index in [0.29, 0.717) is 0 Å². The van der Waals surface area contributed by atoms with Gasteiger partial charge in [0.2, 0.25) is 0 Å². The van der Waals surface area contributed by atoms with Crippen LogP contribution in [0.4, 0.5) is 4.39 Å². The van der Waals surface area contributed by atoms with Crippen molar-refractivity contribution in [3.63, 3.8) is 0 Å². The first-order valence-corrected chi connectivity index (χ1v) is 7.48. The molecule has 1 unspecified atom stereocenters. The van der Waals surface area contributed by atoms with E-state index in [4.69, 9.17) is 0 Å². The van der Waals surface area contributed by atoms with Gasteiger partial charge in [0, 0.05) is 10.5 Å². The Balaban J connectivity index is 2.23. The molecule has 1 atom stereocenters. The van der Waals surface area contributed by atoms with Crippen LogP contribution in [0.5, 0.6) is 0 Å². The molecule has 0 amide bonds. The third-order valence-electron chi connectivity index (χ3n) is 2.98. The summed E-state index contributed by atoms with van der Waals surface area (Å²) < 4.78 is 14.1. The van der Waals surface area contributed by atoms with Crippen molar-refractivity contribution in [1.82, 2.24) is 5.32 Å². The predicted molar refractivity (Wildman–Crippen MR) is 78.7 cm³/mol. The first kappa shape index (κ1) is 13.7. The summed E-state index contributed by atoms with van der Waals surface area (Å²) in [5.74, 6) is -0.198. The number of benzene rings is 1. The number of hydrogen-bond donors (Lipinski definition) is 1. The minimum Gasteiger partial charge on any atom is -0.313 e. The van der Waals surface area contributed by atoms with Crippen LogP contribution in [0, 0.1) is 12.7 Å². The van der Waals surface area contributed by atoms with Gasteiger partial charge in [0.1, 0.15) is 5.82 Å². The van der Waals surface area contributed by atoms with Gasteiger partial charge in [-0.1, -0.05) is 15.9 Å². The quantitative estimate of drug-likeness (QED) is 0.874. The zero-order chi connectivity index (χ0) is 13.1. The second-order valence-electron chi connectivity index (χ2n) is 4.33. The first-order chi connectivity index (χ1) is 8.60. The third-order valence-corrected chi connectivity index (χ3v) is 4.32. The molecule has 1 N–H and O–H groups in total. The first-order valence-electron chi connectivity index (χ1n) is 5.75. The van der Waals surface area contributed by atoms with Crippen LogP contribution < -0.4 is 5.32 Å². The molecule has 4 heteroatoms. The van der Waals surface area contributed by atoms with Gasteiger partial charge in [0.25, 0.3) is 0 Å². The molecule has 0 aliphatic carbocycles. The Labute approximate surface area is 119 Å². The summed E-state index contributed by atoms with van der Waals surface area (Å²) in [5.41, 5.74) is 3.57. The van der Waals surface area contributed by atoms with Crippen LogP contribution in [0.3, 0.4) is 0 Å². The molecule has 0 saturated heterocycles. The molecule has 0 fully saturated rings. The molecular formula is C14H15BrFNS. The van der Waals surface area contributed by atoms with Crippen LogP contribution >= 0.6 is 27.3 Å². The topological polar surface area (TPSA) is 12.0 Å². The lowest BCUT2D eigenvalue weighted by Crippen LogP contribution is -2.19. The van der Waals surface area contributed by atoms with Gasteiger partial charge in [0.05, 0.1) is 0 Å². The summed E-state index contributed by atoms with van der Waals surface area (Å²) in [6, 6.07) is 5.27. The molecule has 18 heavy (non-hydrogen) atoms. The molecule has 0 spiro atoms. The normalized spacial score (nSPS) is 12.7. The van der Waals surface area contributed by atoms with E-state index in [1.165, 1.54) is 17.2 Å². The minimum atomic E-state index is -0.198. The van der Waals surface area contributed by atoms with Crippen LogP contribution in [0.2, 0.25) is 0 Å². The molecule has 96 valence electrons. The second kappa shape index (κ2) is 5.95. The van der Waals surface area contributed by atoms with Gasteiger partial charge < -0.3 is 5.32 Å². The van der Waals surface area contributed by atoms with Crippen LogP contribution in [0.15, 0.2) is 33.4 Å². The standard InChI is InChI=1S/C14H15BrFNS/c1-9-7-18-8-13(9)14(17-2)5-10-3-11(15)6-12(16)4-10/h3-4,6-8,14,17H,5H2,1-2H3. The summed E-state index contributed by atoms with van der Waals surface area (Å²) in [6.07, 6.45) is 0.782. The van der Waals surface area contributed by atoms with Gasteiger partial charge in [-0.2, -0.15) is 11.3 Å². The lowest BCUT2D eigenvalue weighted by atomic mass is 9.99. The maximum absolute atomic E-state index is 13.4. The van der Waals surface area contributed by atoms with Crippen molar-refractivity contribution in [3.05, 3.63) is 55.9 Å². The summed E-state index contributed by atoms with van der Waals surface area (Å²) in [7, 11) is 1.94. The fraction of sp³-hybridized carbons (Fsp3) is 0.286. The Morgan fingerprint density at radius 1 is 1.33 bits per heavy atom. The van der Waals surface area contributed by atoms with E-state index in [9.17, 15) is 4.39 Å². The summed E-state index contributed by atoms with van der Waals surface area (Å²) in [5, 5.41) is 7.60. The summed E-state index contributed by atoms with van der Waals surface area (Å²) in [6.45, 7) is 2.11. The van der Waals surface area contributed by atoms with E-state index in [1.807, 2.05) is 13.1 Å². The lowest BCUT2D eigenvalue weighted by molar-refractivity contribution is 0.583. The maximum atomic E-state index is 13.4. The van der Waals surface area contributed by atoms with Crippen molar-refractivity contribution < 1.29 is 4.39 Å². The minimum absolute atomic E-state index is 0.198. The number of aryl methyl sites for hydroxylation is 1. The predicted octanol–water partition coefficient (Wildman–Crippen LogP) is 4.46. The van der Waals surface area contributed by atoms with E-state index in [2.05, 4.69) is 38.9 Å². The average Bonchev–Trinajstić information content (AvgIpc) is 2.71. The number of nitrogens with one attached hydrogen (secondary N) is 1. The Morgan fingerprint density at radius 2 is 2.11 bits per heavy atom. The zero-order valence-corrected chi connectivity index (χ0v) is 12.7. The molecule has 0 saturated carbocycles. The lowest BCUT2D eigenvalue weighted by Gasteiger charge is -2.16. The van der Waals surface area contributed by atoms with Gasteiger partial charge in [-0.15, -0.1) is 0 Å². The second-order valence-corrected chi connectivity index (χ2v) is 5.99. The van der Waals surface area contributed by atoms with Crippen LogP contribution in [-0.2, 0) is 6.42 Å². The van der Waals surface area contributed by atoms with Gasteiger partial charge in [-0.25, -0.2) is 4.39 Å². The summed E-state index contributed by atoms with van der Waals surface area (Å²) in [4.78, 5) is 0. The van der Waals surface area contributed by atoms with Crippen molar-refractivity contribution in [1.29, 1.82) is 0 Å². The largest absolute Gasteiger partial charge is 0.313 e. The number of thiophene rings is 1. The third kappa shape index (κ3) is 3.19.